The van der Waals surface area contributed by atoms with Gasteiger partial charge in [-0.15, -0.1) is 0 Å². The molecule has 0 unspecified atom stereocenters. The van der Waals surface area contributed by atoms with E-state index in [9.17, 15) is 34.2 Å². The Balaban J connectivity index is 1.65. The number of carboxylic acid groups (broad SMARTS) is 2. The highest BCUT2D eigenvalue weighted by molar-refractivity contribution is 6.14. The van der Waals surface area contributed by atoms with Crippen molar-refractivity contribution in [3.8, 4) is 5.69 Å². The van der Waals surface area contributed by atoms with E-state index in [0.29, 0.717) is 22.6 Å². The zero-order valence-electron chi connectivity index (χ0n) is 19.9. The van der Waals surface area contributed by atoms with Crippen molar-refractivity contribution in [1.82, 2.24) is 14.8 Å². The standard InChI is InChI=1S/C25H21N3O9/c1-12-6-14(13(2)28(12)17-8-15(22(30)31)7-16(9-17)23(32)33)10-19-21(29)27(25(35)26-19)11-18-4-5-20(37-18)24(34)36-3/h4-10H,11H2,1-3H3,(H,26,35)(H,30,31)(H,32,33)/b19-10-. The van der Waals surface area contributed by atoms with Crippen LogP contribution in [0.3, 0.4) is 0 Å². The van der Waals surface area contributed by atoms with Crippen LogP contribution in [0.4, 0.5) is 4.79 Å². The monoisotopic (exact) mass is 507 g/mol. The number of carbonyl (C=O) groups is 5. The van der Waals surface area contributed by atoms with E-state index < -0.39 is 29.8 Å². The molecule has 0 spiro atoms. The van der Waals surface area contributed by atoms with Crippen LogP contribution in [0, 0.1) is 13.8 Å². The number of imide groups is 1. The van der Waals surface area contributed by atoms with Gasteiger partial charge in [0.25, 0.3) is 5.91 Å². The molecule has 1 saturated heterocycles. The number of amides is 3. The number of hydrogen-bond acceptors (Lipinski definition) is 7. The van der Waals surface area contributed by atoms with Crippen molar-refractivity contribution < 1.29 is 43.3 Å². The van der Waals surface area contributed by atoms with Gasteiger partial charge in [-0.2, -0.15) is 0 Å². The second-order valence-corrected chi connectivity index (χ2v) is 8.18. The van der Waals surface area contributed by atoms with Gasteiger partial charge in [-0.1, -0.05) is 0 Å². The lowest BCUT2D eigenvalue weighted by Gasteiger charge is -2.12. The summed E-state index contributed by atoms with van der Waals surface area (Å²) < 4.78 is 11.6. The molecule has 12 nitrogen and oxygen atoms in total. The van der Waals surface area contributed by atoms with Crippen LogP contribution in [-0.2, 0) is 16.1 Å². The highest BCUT2D eigenvalue weighted by Gasteiger charge is 2.34. The van der Waals surface area contributed by atoms with Crippen LogP contribution in [0.1, 0.15) is 54.0 Å². The Morgan fingerprint density at radius 3 is 2.27 bits per heavy atom. The van der Waals surface area contributed by atoms with E-state index in [-0.39, 0.29) is 34.9 Å². The lowest BCUT2D eigenvalue weighted by Crippen LogP contribution is -2.30. The Morgan fingerprint density at radius 1 is 1.03 bits per heavy atom. The first-order valence-electron chi connectivity index (χ1n) is 10.8. The number of carbonyl (C=O) groups excluding carboxylic acids is 3. The number of esters is 1. The van der Waals surface area contributed by atoms with Gasteiger partial charge in [0.15, 0.2) is 0 Å². The maximum absolute atomic E-state index is 12.9. The van der Waals surface area contributed by atoms with E-state index in [0.717, 1.165) is 11.0 Å². The van der Waals surface area contributed by atoms with Crippen LogP contribution in [-0.4, -0.2) is 56.6 Å². The molecule has 0 radical (unpaired) electrons. The van der Waals surface area contributed by atoms with Gasteiger partial charge in [0.2, 0.25) is 5.76 Å². The van der Waals surface area contributed by atoms with Gasteiger partial charge in [0.05, 0.1) is 24.8 Å². The Morgan fingerprint density at radius 2 is 1.68 bits per heavy atom. The van der Waals surface area contributed by atoms with Crippen molar-refractivity contribution >= 4 is 35.9 Å². The molecule has 0 saturated carbocycles. The van der Waals surface area contributed by atoms with Gasteiger partial charge < -0.3 is 29.3 Å². The molecule has 0 aliphatic carbocycles. The summed E-state index contributed by atoms with van der Waals surface area (Å²) in [5.74, 6) is -3.72. The van der Waals surface area contributed by atoms with Gasteiger partial charge in [0, 0.05) is 17.1 Å². The summed E-state index contributed by atoms with van der Waals surface area (Å²) in [4.78, 5) is 60.9. The van der Waals surface area contributed by atoms with Gasteiger partial charge in [-0.3, -0.25) is 9.69 Å². The summed E-state index contributed by atoms with van der Waals surface area (Å²) in [6.45, 7) is 3.24. The van der Waals surface area contributed by atoms with Crippen LogP contribution < -0.4 is 5.32 Å². The molecule has 0 bridgehead atoms. The number of nitrogens with one attached hydrogen (secondary N) is 1. The highest BCUT2D eigenvalue weighted by atomic mass is 16.5. The van der Waals surface area contributed by atoms with Crippen molar-refractivity contribution in [2.75, 3.05) is 7.11 Å². The van der Waals surface area contributed by atoms with Crippen molar-refractivity contribution in [1.29, 1.82) is 0 Å². The minimum atomic E-state index is -1.27. The number of aromatic carboxylic acids is 2. The van der Waals surface area contributed by atoms with Crippen LogP contribution >= 0.6 is 0 Å². The third-order valence-electron chi connectivity index (χ3n) is 5.76. The number of methoxy groups -OCH3 is 1. The molecule has 1 aliphatic heterocycles. The minimum Gasteiger partial charge on any atom is -0.478 e. The first-order chi connectivity index (χ1) is 17.5. The number of ether oxygens (including phenoxy) is 1. The molecule has 1 fully saturated rings. The summed E-state index contributed by atoms with van der Waals surface area (Å²) in [5.41, 5.74) is 1.71. The summed E-state index contributed by atoms with van der Waals surface area (Å²) in [6.07, 6.45) is 1.47. The normalized spacial score (nSPS) is 14.2. The summed E-state index contributed by atoms with van der Waals surface area (Å²) in [7, 11) is 1.20. The average Bonchev–Trinajstić information content (AvgIpc) is 3.51. The molecule has 2 aromatic heterocycles. The molecule has 3 heterocycles. The molecule has 3 N–H and O–H groups in total. The lowest BCUT2D eigenvalue weighted by molar-refractivity contribution is -0.123. The second kappa shape index (κ2) is 9.49. The average molecular weight is 507 g/mol. The maximum atomic E-state index is 12.9. The molecule has 1 aliphatic rings. The molecule has 12 heteroatoms. The van der Waals surface area contributed by atoms with E-state index in [1.54, 1.807) is 24.5 Å². The summed E-state index contributed by atoms with van der Waals surface area (Å²) >= 11 is 0. The van der Waals surface area contributed by atoms with Crippen molar-refractivity contribution in [2.45, 2.75) is 20.4 Å². The Hall–Kier alpha value is -5.13. The quantitative estimate of drug-likeness (QED) is 0.247. The Kier molecular flexibility index (Phi) is 6.41. The zero-order chi connectivity index (χ0) is 27.0. The highest BCUT2D eigenvalue weighted by Crippen LogP contribution is 2.26. The smallest absolute Gasteiger partial charge is 0.373 e. The van der Waals surface area contributed by atoms with E-state index in [4.69, 9.17) is 4.42 Å². The minimum absolute atomic E-state index is 0.00416. The maximum Gasteiger partial charge on any atom is 0.373 e. The number of nitrogens with zero attached hydrogens (tertiary/aromatic N) is 2. The predicted molar refractivity (Wildman–Crippen MR) is 126 cm³/mol. The molecule has 37 heavy (non-hydrogen) atoms. The number of aryl methyl sites for hydroxylation is 1. The number of urea groups is 1. The van der Waals surface area contributed by atoms with E-state index in [1.807, 2.05) is 0 Å². The molecule has 4 rings (SSSR count). The second-order valence-electron chi connectivity index (χ2n) is 8.18. The lowest BCUT2D eigenvalue weighted by atomic mass is 10.1. The third kappa shape index (κ3) is 4.72. The fourth-order valence-electron chi connectivity index (χ4n) is 4.02. The van der Waals surface area contributed by atoms with Gasteiger partial charge in [-0.05, 0) is 61.9 Å². The number of carboxylic acids is 2. The van der Waals surface area contributed by atoms with Crippen LogP contribution in [0.15, 0.2) is 46.5 Å². The number of rotatable bonds is 7. The topological polar surface area (TPSA) is 168 Å². The molecule has 1 aromatic carbocycles. The Bertz CT molecular complexity index is 1480. The van der Waals surface area contributed by atoms with Crippen molar-refractivity contribution in [2.24, 2.45) is 0 Å². The van der Waals surface area contributed by atoms with Crippen LogP contribution in [0.5, 0.6) is 0 Å². The van der Waals surface area contributed by atoms with Crippen LogP contribution in [0.25, 0.3) is 11.8 Å². The first-order valence-corrected chi connectivity index (χ1v) is 10.8. The SMILES string of the molecule is COC(=O)c1ccc(CN2C(=O)N/C(=C\c3cc(C)n(-c4cc(C(=O)O)cc(C(=O)O)c4)c3C)C2=O)o1. The molecule has 3 aromatic rings. The molecular formula is C25H21N3O9. The van der Waals surface area contributed by atoms with Crippen LogP contribution in [0.2, 0.25) is 0 Å². The van der Waals surface area contributed by atoms with Gasteiger partial charge in [-0.25, -0.2) is 19.2 Å². The Labute approximate surface area is 209 Å². The number of furan rings is 1. The summed E-state index contributed by atoms with van der Waals surface area (Å²) in [6, 6.07) is 7.64. The third-order valence-corrected chi connectivity index (χ3v) is 5.76. The predicted octanol–water partition coefficient (Wildman–Crippen LogP) is 2.96. The van der Waals surface area contributed by atoms with Crippen molar-refractivity contribution in [3.63, 3.8) is 0 Å². The number of benzene rings is 1. The largest absolute Gasteiger partial charge is 0.478 e. The zero-order valence-corrected chi connectivity index (χ0v) is 19.9. The molecule has 3 amide bonds. The molecule has 0 atom stereocenters. The summed E-state index contributed by atoms with van der Waals surface area (Å²) in [5, 5.41) is 21.3. The number of aromatic nitrogens is 1. The number of hydrogen-bond donors (Lipinski definition) is 3. The van der Waals surface area contributed by atoms with E-state index >= 15 is 0 Å². The first kappa shape index (κ1) is 25.0. The van der Waals surface area contributed by atoms with Gasteiger partial charge in [0.1, 0.15) is 11.5 Å². The van der Waals surface area contributed by atoms with E-state index in [1.165, 1.54) is 37.5 Å². The fraction of sp³-hybridized carbons (Fsp3) is 0.160. The van der Waals surface area contributed by atoms with Gasteiger partial charge >= 0.3 is 23.9 Å². The van der Waals surface area contributed by atoms with Crippen molar-refractivity contribution in [3.05, 3.63) is 81.7 Å². The van der Waals surface area contributed by atoms with E-state index in [2.05, 4.69) is 10.1 Å². The molecular weight excluding hydrogens is 486 g/mol. The fourth-order valence-corrected chi connectivity index (χ4v) is 4.02. The molecule has 190 valence electrons.